The average Bonchev–Trinajstić information content (AvgIpc) is 3.19. The van der Waals surface area contributed by atoms with Crippen LogP contribution in [0.25, 0.3) is 10.9 Å². The first-order valence-corrected chi connectivity index (χ1v) is 9.61. The molecule has 0 unspecified atom stereocenters. The van der Waals surface area contributed by atoms with Crippen LogP contribution < -0.4 is 20.1 Å². The molecule has 2 N–H and O–H groups in total. The molecular weight excluding hydrogens is 386 g/mol. The number of carbonyl (C=O) groups is 2. The minimum atomic E-state index is -0.766. The van der Waals surface area contributed by atoms with Crippen LogP contribution in [0.1, 0.15) is 29.8 Å². The van der Waals surface area contributed by atoms with Crippen molar-refractivity contribution in [2.45, 2.75) is 20.3 Å². The normalized spacial score (nSPS) is 12.1. The maximum absolute atomic E-state index is 12.7. The van der Waals surface area contributed by atoms with Gasteiger partial charge in [0, 0.05) is 11.5 Å². The number of nitrogens with two attached hydrogens (primary N) is 1. The topological polar surface area (TPSA) is 104 Å². The first-order valence-electron chi connectivity index (χ1n) is 9.61. The van der Waals surface area contributed by atoms with Gasteiger partial charge in [0.05, 0.1) is 17.8 Å². The fraction of sp³-hybridized carbons (Fsp3) is 0.227. The third-order valence-corrected chi connectivity index (χ3v) is 4.82. The maximum Gasteiger partial charge on any atom is 0.341 e. The van der Waals surface area contributed by atoms with Crippen molar-refractivity contribution in [2.75, 3.05) is 18.3 Å². The summed E-state index contributed by atoms with van der Waals surface area (Å²) in [5, 5.41) is 0.650. The highest BCUT2D eigenvalue weighted by molar-refractivity contribution is 6.07. The van der Waals surface area contributed by atoms with E-state index in [9.17, 15) is 9.59 Å². The van der Waals surface area contributed by atoms with Crippen LogP contribution >= 0.6 is 0 Å². The fourth-order valence-corrected chi connectivity index (χ4v) is 3.32. The molecule has 0 spiro atoms. The van der Waals surface area contributed by atoms with Crippen molar-refractivity contribution in [1.82, 2.24) is 4.98 Å². The lowest BCUT2D eigenvalue weighted by Gasteiger charge is -2.22. The van der Waals surface area contributed by atoms with Gasteiger partial charge in [-0.05, 0) is 43.2 Å². The van der Waals surface area contributed by atoms with Crippen molar-refractivity contribution in [3.05, 3.63) is 53.6 Å². The Kier molecular flexibility index (Phi) is 5.14. The van der Waals surface area contributed by atoms with E-state index in [2.05, 4.69) is 4.98 Å². The summed E-state index contributed by atoms with van der Waals surface area (Å²) in [6.45, 7) is 4.04. The number of hydrogen-bond donors (Lipinski definition) is 1. The number of fused-ring (bicyclic) bond motifs is 2. The Labute approximate surface area is 173 Å². The molecule has 3 aromatic rings. The van der Waals surface area contributed by atoms with E-state index in [0.29, 0.717) is 28.1 Å². The number of aromatic nitrogens is 1. The molecular formula is C22H21N3O5. The van der Waals surface area contributed by atoms with Crippen LogP contribution in [0.3, 0.4) is 0 Å². The molecule has 0 aliphatic carbocycles. The number of urea groups is 1. The molecule has 0 saturated heterocycles. The Hall–Kier alpha value is -3.81. The monoisotopic (exact) mass is 407 g/mol. The van der Waals surface area contributed by atoms with Gasteiger partial charge in [0.25, 0.3) is 0 Å². The van der Waals surface area contributed by atoms with E-state index in [4.69, 9.17) is 19.9 Å². The van der Waals surface area contributed by atoms with Crippen LogP contribution in [-0.4, -0.2) is 30.4 Å². The highest BCUT2D eigenvalue weighted by Gasteiger charge is 2.26. The van der Waals surface area contributed by atoms with E-state index in [-0.39, 0.29) is 24.8 Å². The van der Waals surface area contributed by atoms with Crippen molar-refractivity contribution in [3.8, 4) is 11.5 Å². The summed E-state index contributed by atoms with van der Waals surface area (Å²) in [7, 11) is 0. The molecule has 2 aromatic carbocycles. The van der Waals surface area contributed by atoms with E-state index in [1.165, 1.54) is 4.90 Å². The molecule has 2 amide bonds. The fourth-order valence-electron chi connectivity index (χ4n) is 3.32. The van der Waals surface area contributed by atoms with Gasteiger partial charge in [-0.3, -0.25) is 0 Å². The van der Waals surface area contributed by atoms with Gasteiger partial charge in [-0.2, -0.15) is 0 Å². The molecule has 30 heavy (non-hydrogen) atoms. The van der Waals surface area contributed by atoms with Gasteiger partial charge in [0.1, 0.15) is 5.56 Å². The number of hydrogen-bond acceptors (Lipinski definition) is 6. The zero-order valence-corrected chi connectivity index (χ0v) is 16.7. The molecule has 2 heterocycles. The van der Waals surface area contributed by atoms with E-state index in [1.807, 2.05) is 19.1 Å². The number of esters is 1. The Bertz CT molecular complexity index is 1130. The number of nitrogens with zero attached hydrogens (tertiary/aromatic N) is 2. The van der Waals surface area contributed by atoms with Gasteiger partial charge in [-0.15, -0.1) is 0 Å². The number of carbonyl (C=O) groups excluding carboxylic acids is 2. The average molecular weight is 407 g/mol. The summed E-state index contributed by atoms with van der Waals surface area (Å²) in [5.41, 5.74) is 7.95. The molecule has 0 radical (unpaired) electrons. The van der Waals surface area contributed by atoms with Crippen molar-refractivity contribution in [2.24, 2.45) is 5.73 Å². The first kappa shape index (κ1) is 19.5. The Balaban J connectivity index is 1.92. The van der Waals surface area contributed by atoms with E-state index < -0.39 is 12.0 Å². The predicted octanol–water partition coefficient (Wildman–Crippen LogP) is 3.92. The summed E-state index contributed by atoms with van der Waals surface area (Å²) < 4.78 is 16.0. The minimum absolute atomic E-state index is 0.0940. The molecule has 4 rings (SSSR count). The second-order valence-electron chi connectivity index (χ2n) is 6.67. The Morgan fingerprint density at radius 3 is 2.43 bits per heavy atom. The molecule has 1 aromatic heterocycles. The largest absolute Gasteiger partial charge is 0.462 e. The van der Waals surface area contributed by atoms with Gasteiger partial charge in [-0.1, -0.05) is 19.1 Å². The van der Waals surface area contributed by atoms with Crippen LogP contribution in [0.5, 0.6) is 11.5 Å². The zero-order valence-electron chi connectivity index (χ0n) is 16.7. The second-order valence-corrected chi connectivity index (χ2v) is 6.67. The first-order chi connectivity index (χ1) is 14.5. The van der Waals surface area contributed by atoms with Crippen LogP contribution in [0.2, 0.25) is 0 Å². The number of aryl methyl sites for hydroxylation is 1. The number of primary amides is 1. The minimum Gasteiger partial charge on any atom is -0.462 e. The SMILES string of the molecule is CCOC(=O)c1cc2cc3c(cc2nc1N(C(N)=O)c1ccc(CC)cc1)OCO3. The number of pyridine rings is 1. The molecule has 0 bridgehead atoms. The van der Waals surface area contributed by atoms with Crippen LogP contribution in [-0.2, 0) is 11.2 Å². The highest BCUT2D eigenvalue weighted by atomic mass is 16.7. The molecule has 154 valence electrons. The van der Waals surface area contributed by atoms with Crippen molar-refractivity contribution in [1.29, 1.82) is 0 Å². The lowest BCUT2D eigenvalue weighted by Crippen LogP contribution is -2.33. The molecule has 8 heteroatoms. The quantitative estimate of drug-likeness (QED) is 0.643. The summed E-state index contributed by atoms with van der Waals surface area (Å²) in [5.74, 6) is 0.601. The van der Waals surface area contributed by atoms with E-state index in [1.54, 1.807) is 37.3 Å². The molecule has 1 aliphatic rings. The standard InChI is InChI=1S/C22H21N3O5/c1-3-13-5-7-15(8-6-13)25(22(23)27)20-16(21(26)28-4-2)9-14-10-18-19(30-12-29-18)11-17(14)24-20/h5-11H,3-4,12H2,1-2H3,(H2,23,27). The molecule has 0 saturated carbocycles. The lowest BCUT2D eigenvalue weighted by atomic mass is 10.1. The maximum atomic E-state index is 12.7. The Morgan fingerprint density at radius 2 is 1.80 bits per heavy atom. The lowest BCUT2D eigenvalue weighted by molar-refractivity contribution is 0.0527. The molecule has 0 fully saturated rings. The van der Waals surface area contributed by atoms with Crippen molar-refractivity contribution in [3.63, 3.8) is 0 Å². The number of benzene rings is 2. The van der Waals surface area contributed by atoms with Gasteiger partial charge >= 0.3 is 12.0 Å². The Morgan fingerprint density at radius 1 is 1.10 bits per heavy atom. The van der Waals surface area contributed by atoms with E-state index in [0.717, 1.165) is 12.0 Å². The summed E-state index contributed by atoms with van der Waals surface area (Å²) in [6.07, 6.45) is 0.854. The number of amides is 2. The third kappa shape index (κ3) is 3.47. The number of anilines is 2. The highest BCUT2D eigenvalue weighted by Crippen LogP contribution is 2.38. The number of rotatable bonds is 5. The molecule has 0 atom stereocenters. The smallest absolute Gasteiger partial charge is 0.341 e. The zero-order chi connectivity index (χ0) is 21.3. The molecule has 8 nitrogen and oxygen atoms in total. The number of ether oxygens (including phenoxy) is 3. The third-order valence-electron chi connectivity index (χ3n) is 4.82. The second kappa shape index (κ2) is 7.90. The van der Waals surface area contributed by atoms with Crippen LogP contribution in [0.4, 0.5) is 16.3 Å². The van der Waals surface area contributed by atoms with E-state index >= 15 is 0 Å². The van der Waals surface area contributed by atoms with Gasteiger partial charge in [0.2, 0.25) is 6.79 Å². The molecule has 1 aliphatic heterocycles. The van der Waals surface area contributed by atoms with Crippen molar-refractivity contribution < 1.29 is 23.8 Å². The van der Waals surface area contributed by atoms with Crippen molar-refractivity contribution >= 4 is 34.4 Å². The summed E-state index contributed by atoms with van der Waals surface area (Å²) in [4.78, 5) is 30.9. The van der Waals surface area contributed by atoms with Gasteiger partial charge < -0.3 is 19.9 Å². The van der Waals surface area contributed by atoms with Crippen LogP contribution in [0, 0.1) is 0 Å². The van der Waals surface area contributed by atoms with Crippen LogP contribution in [0.15, 0.2) is 42.5 Å². The van der Waals surface area contributed by atoms with Gasteiger partial charge in [-0.25, -0.2) is 19.5 Å². The summed E-state index contributed by atoms with van der Waals surface area (Å²) >= 11 is 0. The van der Waals surface area contributed by atoms with Gasteiger partial charge in [0.15, 0.2) is 17.3 Å². The summed E-state index contributed by atoms with van der Waals surface area (Å²) in [6, 6.07) is 11.6. The predicted molar refractivity (Wildman–Crippen MR) is 111 cm³/mol.